The lowest BCUT2D eigenvalue weighted by Gasteiger charge is -2.28. The molecule has 0 aromatic heterocycles. The molecule has 0 atom stereocenters. The summed E-state index contributed by atoms with van der Waals surface area (Å²) in [6.07, 6.45) is 0.556. The largest absolute Gasteiger partial charge is 0.243 e. The summed E-state index contributed by atoms with van der Waals surface area (Å²) in [4.78, 5) is 0.401. The summed E-state index contributed by atoms with van der Waals surface area (Å²) in [7, 11) is -5.82. The molecule has 0 saturated heterocycles. The third kappa shape index (κ3) is 3.48. The van der Waals surface area contributed by atoms with Crippen molar-refractivity contribution in [1.29, 1.82) is 0 Å². The molecule has 1 heterocycles. The minimum Gasteiger partial charge on any atom is -0.214 e. The number of sulfonamides is 2. The molecule has 3 rings (SSSR count). The topological polar surface area (TPSA) is 83.6 Å². The molecule has 2 aromatic carbocycles. The van der Waals surface area contributed by atoms with Crippen LogP contribution >= 0.6 is 0 Å². The van der Waals surface area contributed by atoms with Crippen LogP contribution in [0.3, 0.4) is 0 Å². The number of hydrogen-bond donors (Lipinski definition) is 1. The number of hydrogen-bond acceptors (Lipinski definition) is 4. The molecule has 0 saturated carbocycles. The van der Waals surface area contributed by atoms with Crippen LogP contribution in [0.15, 0.2) is 52.3 Å². The quantitative estimate of drug-likeness (QED) is 0.874. The standard InChI is InChI=1S/C17H20N2O4S2/c1-13-4-3-5-17(10-13)25(22,23)19-9-8-14-6-7-16(11-15(14)12-19)24(20,21)18-2/h3-7,10-11,18H,8-9,12H2,1-2H3. The molecule has 8 heteroatoms. The lowest BCUT2D eigenvalue weighted by molar-refractivity contribution is 0.391. The Morgan fingerprint density at radius 1 is 0.960 bits per heavy atom. The van der Waals surface area contributed by atoms with Crippen LogP contribution in [0.5, 0.6) is 0 Å². The zero-order valence-corrected chi connectivity index (χ0v) is 15.7. The van der Waals surface area contributed by atoms with Crippen LogP contribution in [0.2, 0.25) is 0 Å². The first kappa shape index (κ1) is 18.1. The Bertz CT molecular complexity index is 1010. The van der Waals surface area contributed by atoms with Gasteiger partial charge in [0.05, 0.1) is 9.79 Å². The second-order valence-electron chi connectivity index (χ2n) is 6.04. The van der Waals surface area contributed by atoms with E-state index in [1.54, 1.807) is 36.4 Å². The van der Waals surface area contributed by atoms with E-state index in [0.29, 0.717) is 13.0 Å². The predicted octanol–water partition coefficient (Wildman–Crippen LogP) is 1.65. The second-order valence-corrected chi connectivity index (χ2v) is 9.87. The van der Waals surface area contributed by atoms with Crippen molar-refractivity contribution in [2.24, 2.45) is 0 Å². The van der Waals surface area contributed by atoms with Crippen LogP contribution in [0, 0.1) is 6.92 Å². The zero-order valence-electron chi connectivity index (χ0n) is 14.1. The smallest absolute Gasteiger partial charge is 0.214 e. The van der Waals surface area contributed by atoms with Gasteiger partial charge in [-0.25, -0.2) is 21.6 Å². The maximum absolute atomic E-state index is 12.9. The molecule has 0 amide bonds. The van der Waals surface area contributed by atoms with E-state index >= 15 is 0 Å². The number of aryl methyl sites for hydroxylation is 1. The SMILES string of the molecule is CNS(=O)(=O)c1ccc2c(c1)CN(S(=O)(=O)c1cccc(C)c1)CC2. The van der Waals surface area contributed by atoms with Gasteiger partial charge < -0.3 is 0 Å². The molecule has 2 aromatic rings. The molecule has 25 heavy (non-hydrogen) atoms. The van der Waals surface area contributed by atoms with Crippen LogP contribution in [0.25, 0.3) is 0 Å². The van der Waals surface area contributed by atoms with Gasteiger partial charge in [-0.05, 0) is 61.3 Å². The van der Waals surface area contributed by atoms with E-state index in [1.165, 1.54) is 11.4 Å². The lowest BCUT2D eigenvalue weighted by atomic mass is 10.0. The fourth-order valence-electron chi connectivity index (χ4n) is 2.92. The molecule has 0 fully saturated rings. The molecular formula is C17H20N2O4S2. The Hall–Kier alpha value is -1.74. The van der Waals surface area contributed by atoms with Crippen LogP contribution in [0.4, 0.5) is 0 Å². The molecule has 0 unspecified atom stereocenters. The van der Waals surface area contributed by atoms with E-state index in [4.69, 9.17) is 0 Å². The van der Waals surface area contributed by atoms with Gasteiger partial charge >= 0.3 is 0 Å². The summed E-state index contributed by atoms with van der Waals surface area (Å²) in [5.74, 6) is 0. The molecular weight excluding hydrogens is 360 g/mol. The van der Waals surface area contributed by atoms with E-state index in [0.717, 1.165) is 16.7 Å². The van der Waals surface area contributed by atoms with Crippen LogP contribution in [-0.4, -0.2) is 34.7 Å². The van der Waals surface area contributed by atoms with Gasteiger partial charge in [-0.2, -0.15) is 4.31 Å². The van der Waals surface area contributed by atoms with Crippen molar-refractivity contribution in [2.45, 2.75) is 29.7 Å². The molecule has 0 bridgehead atoms. The van der Waals surface area contributed by atoms with Crippen molar-refractivity contribution < 1.29 is 16.8 Å². The van der Waals surface area contributed by atoms with Crippen molar-refractivity contribution in [3.8, 4) is 0 Å². The fraction of sp³-hybridized carbons (Fsp3) is 0.294. The predicted molar refractivity (Wildman–Crippen MR) is 95.2 cm³/mol. The first-order valence-electron chi connectivity index (χ1n) is 7.86. The van der Waals surface area contributed by atoms with Crippen LogP contribution in [-0.2, 0) is 33.0 Å². The lowest BCUT2D eigenvalue weighted by Crippen LogP contribution is -2.36. The highest BCUT2D eigenvalue weighted by molar-refractivity contribution is 7.89. The van der Waals surface area contributed by atoms with Crippen molar-refractivity contribution in [1.82, 2.24) is 9.03 Å². The molecule has 1 N–H and O–H groups in total. The monoisotopic (exact) mass is 380 g/mol. The molecule has 0 aliphatic carbocycles. The van der Waals surface area contributed by atoms with Gasteiger partial charge in [0.15, 0.2) is 0 Å². The number of rotatable bonds is 4. The van der Waals surface area contributed by atoms with E-state index in [1.807, 2.05) is 13.0 Å². The Labute approximate surface area is 148 Å². The van der Waals surface area contributed by atoms with Gasteiger partial charge in [-0.3, -0.25) is 0 Å². The van der Waals surface area contributed by atoms with Gasteiger partial charge in [0.1, 0.15) is 0 Å². The molecule has 1 aliphatic rings. The maximum Gasteiger partial charge on any atom is 0.243 e. The van der Waals surface area contributed by atoms with Gasteiger partial charge in [-0.1, -0.05) is 18.2 Å². The maximum atomic E-state index is 12.9. The number of nitrogens with one attached hydrogen (secondary N) is 1. The summed E-state index contributed by atoms with van der Waals surface area (Å²) in [6, 6.07) is 11.7. The Morgan fingerprint density at radius 3 is 2.40 bits per heavy atom. The summed E-state index contributed by atoms with van der Waals surface area (Å²) in [6.45, 7) is 2.39. The Kier molecular flexibility index (Phi) is 4.72. The van der Waals surface area contributed by atoms with Crippen molar-refractivity contribution in [3.63, 3.8) is 0 Å². The number of nitrogens with zero attached hydrogens (tertiary/aromatic N) is 1. The number of fused-ring (bicyclic) bond motifs is 1. The van der Waals surface area contributed by atoms with Crippen molar-refractivity contribution in [2.75, 3.05) is 13.6 Å². The molecule has 6 nitrogen and oxygen atoms in total. The van der Waals surface area contributed by atoms with E-state index in [9.17, 15) is 16.8 Å². The van der Waals surface area contributed by atoms with E-state index < -0.39 is 20.0 Å². The van der Waals surface area contributed by atoms with Gasteiger partial charge in [0.2, 0.25) is 20.0 Å². The van der Waals surface area contributed by atoms with Crippen LogP contribution in [0.1, 0.15) is 16.7 Å². The third-order valence-corrected chi connectivity index (χ3v) is 7.61. The molecule has 1 aliphatic heterocycles. The zero-order chi connectivity index (χ0) is 18.2. The second kappa shape index (κ2) is 6.53. The summed E-state index contributed by atoms with van der Waals surface area (Å²) < 4.78 is 53.4. The van der Waals surface area contributed by atoms with E-state index in [2.05, 4.69) is 4.72 Å². The third-order valence-electron chi connectivity index (χ3n) is 4.36. The van der Waals surface area contributed by atoms with E-state index in [-0.39, 0.29) is 16.3 Å². The average molecular weight is 380 g/mol. The summed E-state index contributed by atoms with van der Waals surface area (Å²) in [5, 5.41) is 0. The Balaban J connectivity index is 1.96. The Morgan fingerprint density at radius 2 is 1.72 bits per heavy atom. The van der Waals surface area contributed by atoms with Gasteiger partial charge in [-0.15, -0.1) is 0 Å². The minimum atomic E-state index is -3.61. The normalized spacial score (nSPS) is 15.8. The van der Waals surface area contributed by atoms with Crippen LogP contribution < -0.4 is 4.72 Å². The summed E-state index contributed by atoms with van der Waals surface area (Å²) in [5.41, 5.74) is 2.57. The van der Waals surface area contributed by atoms with Gasteiger partial charge in [0, 0.05) is 13.1 Å². The van der Waals surface area contributed by atoms with Crippen molar-refractivity contribution >= 4 is 20.0 Å². The first-order valence-corrected chi connectivity index (χ1v) is 10.8. The minimum absolute atomic E-state index is 0.142. The van der Waals surface area contributed by atoms with Gasteiger partial charge in [0.25, 0.3) is 0 Å². The molecule has 0 spiro atoms. The molecule has 0 radical (unpaired) electrons. The summed E-state index contributed by atoms with van der Waals surface area (Å²) >= 11 is 0. The number of benzene rings is 2. The average Bonchev–Trinajstić information content (AvgIpc) is 2.60. The first-order chi connectivity index (χ1) is 11.7. The van der Waals surface area contributed by atoms with Crippen molar-refractivity contribution in [3.05, 3.63) is 59.2 Å². The fourth-order valence-corrected chi connectivity index (χ4v) is 5.23. The highest BCUT2D eigenvalue weighted by atomic mass is 32.2. The highest BCUT2D eigenvalue weighted by Gasteiger charge is 2.29. The molecule has 134 valence electrons. The highest BCUT2D eigenvalue weighted by Crippen LogP contribution is 2.27.